The Labute approximate surface area is 110 Å². The third kappa shape index (κ3) is 3.13. The minimum absolute atomic E-state index is 0.217. The van der Waals surface area contributed by atoms with E-state index in [-0.39, 0.29) is 6.54 Å². The van der Waals surface area contributed by atoms with Gasteiger partial charge < -0.3 is 14.7 Å². The van der Waals surface area contributed by atoms with E-state index in [2.05, 4.69) is 0 Å². The second-order valence-corrected chi connectivity index (χ2v) is 5.99. The van der Waals surface area contributed by atoms with Crippen molar-refractivity contribution in [3.05, 3.63) is 0 Å². The largest absolute Gasteiger partial charge is 0.481 e. The van der Waals surface area contributed by atoms with Crippen LogP contribution >= 0.6 is 0 Å². The summed E-state index contributed by atoms with van der Waals surface area (Å²) >= 11 is 0. The van der Waals surface area contributed by atoms with Crippen molar-refractivity contribution in [1.82, 2.24) is 4.90 Å². The third-order valence-electron chi connectivity index (χ3n) is 3.13. The molecule has 0 spiro atoms. The molecule has 110 valence electrons. The van der Waals surface area contributed by atoms with Crippen molar-refractivity contribution in [2.45, 2.75) is 45.6 Å². The van der Waals surface area contributed by atoms with E-state index in [1.807, 2.05) is 0 Å². The van der Waals surface area contributed by atoms with Gasteiger partial charge >= 0.3 is 12.1 Å². The number of aliphatic carboxylic acids is 1. The van der Waals surface area contributed by atoms with Gasteiger partial charge in [0.15, 0.2) is 0 Å². The molecule has 0 radical (unpaired) electrons. The zero-order valence-electron chi connectivity index (χ0n) is 11.5. The molecule has 19 heavy (non-hydrogen) atoms. The summed E-state index contributed by atoms with van der Waals surface area (Å²) in [5.41, 5.74) is -3.04. The summed E-state index contributed by atoms with van der Waals surface area (Å²) in [7, 11) is 0. The molecule has 1 aliphatic rings. The molecule has 0 saturated carbocycles. The van der Waals surface area contributed by atoms with Crippen LogP contribution in [-0.2, 0) is 9.53 Å². The summed E-state index contributed by atoms with van der Waals surface area (Å²) in [6.45, 7) is 5.13. The molecule has 1 amide bonds. The van der Waals surface area contributed by atoms with E-state index in [0.717, 1.165) is 11.8 Å². The first-order valence-electron chi connectivity index (χ1n) is 5.98. The maximum Gasteiger partial charge on any atom is 0.410 e. The minimum atomic E-state index is -3.35. The number of carboxylic acid groups (broad SMARTS) is 1. The van der Waals surface area contributed by atoms with Gasteiger partial charge in [0.2, 0.25) is 0 Å². The Bertz CT molecular complexity index is 392. The van der Waals surface area contributed by atoms with E-state index in [1.165, 1.54) is 0 Å². The van der Waals surface area contributed by atoms with Gasteiger partial charge in [-0.05, 0) is 27.7 Å². The lowest BCUT2D eigenvalue weighted by Gasteiger charge is -2.43. The Morgan fingerprint density at radius 1 is 1.32 bits per heavy atom. The molecule has 5 nitrogen and oxygen atoms in total. The molecular weight excluding hydrogens is 260 g/mol. The van der Waals surface area contributed by atoms with Crippen molar-refractivity contribution >= 4 is 12.1 Å². The zero-order chi connectivity index (χ0) is 15.1. The summed E-state index contributed by atoms with van der Waals surface area (Å²) < 4.78 is 32.5. The number of nitrogens with zero attached hydrogens (tertiary/aromatic N) is 1. The van der Waals surface area contributed by atoms with E-state index >= 15 is 0 Å². The number of carboxylic acids is 1. The first-order chi connectivity index (χ1) is 8.39. The van der Waals surface area contributed by atoms with Crippen molar-refractivity contribution in [3.8, 4) is 0 Å². The Morgan fingerprint density at radius 3 is 2.26 bits per heavy atom. The van der Waals surface area contributed by atoms with Crippen LogP contribution in [0, 0.1) is 5.41 Å². The van der Waals surface area contributed by atoms with Gasteiger partial charge in [-0.25, -0.2) is 13.6 Å². The number of amides is 1. The minimum Gasteiger partial charge on any atom is -0.481 e. The molecular formula is C12H19F2NO4. The lowest BCUT2D eigenvalue weighted by molar-refractivity contribution is -0.190. The van der Waals surface area contributed by atoms with Gasteiger partial charge in [0, 0.05) is 19.5 Å². The molecule has 1 heterocycles. The summed E-state index contributed by atoms with van der Waals surface area (Å²) in [5, 5.41) is 9.01. The molecule has 1 atom stereocenters. The van der Waals surface area contributed by atoms with Crippen LogP contribution in [0.1, 0.15) is 34.1 Å². The number of carbonyl (C=O) groups excluding carboxylic acids is 1. The van der Waals surface area contributed by atoms with Crippen LogP contribution in [0.4, 0.5) is 13.6 Å². The van der Waals surface area contributed by atoms with E-state index in [0.29, 0.717) is 0 Å². The smallest absolute Gasteiger partial charge is 0.410 e. The molecule has 0 aromatic rings. The third-order valence-corrected chi connectivity index (χ3v) is 3.13. The molecule has 1 aliphatic heterocycles. The van der Waals surface area contributed by atoms with Crippen molar-refractivity contribution in [2.24, 2.45) is 5.41 Å². The van der Waals surface area contributed by atoms with E-state index in [1.54, 1.807) is 20.8 Å². The van der Waals surface area contributed by atoms with Crippen molar-refractivity contribution in [2.75, 3.05) is 13.1 Å². The SMILES string of the molecule is CC(C)(C)OC(=O)N1CCC(F)(F)C(C)(C(=O)O)C1. The van der Waals surface area contributed by atoms with Gasteiger partial charge in [-0.1, -0.05) is 0 Å². The summed E-state index contributed by atoms with van der Waals surface area (Å²) in [6.07, 6.45) is -1.45. The highest BCUT2D eigenvalue weighted by Crippen LogP contribution is 2.43. The first-order valence-corrected chi connectivity index (χ1v) is 5.98. The number of halogens is 2. The average molecular weight is 279 g/mol. The van der Waals surface area contributed by atoms with Crippen LogP contribution in [0.25, 0.3) is 0 Å². The molecule has 1 fully saturated rings. The van der Waals surface area contributed by atoms with Crippen LogP contribution in [0.3, 0.4) is 0 Å². The maximum atomic E-state index is 13.7. The van der Waals surface area contributed by atoms with Crippen molar-refractivity contribution in [1.29, 1.82) is 0 Å². The standard InChI is InChI=1S/C12H19F2NO4/c1-10(2,3)19-9(18)15-6-5-12(13,14)11(4,7-15)8(16)17/h5-7H2,1-4H3,(H,16,17). The summed E-state index contributed by atoms with van der Waals surface area (Å²) in [6, 6.07) is 0. The van der Waals surface area contributed by atoms with E-state index in [4.69, 9.17) is 9.84 Å². The van der Waals surface area contributed by atoms with Crippen LogP contribution in [-0.4, -0.2) is 46.7 Å². The fourth-order valence-corrected chi connectivity index (χ4v) is 1.83. The fraction of sp³-hybridized carbons (Fsp3) is 0.833. The Hall–Kier alpha value is -1.40. The number of ether oxygens (including phenoxy) is 1. The second-order valence-electron chi connectivity index (χ2n) is 5.99. The molecule has 0 bridgehead atoms. The average Bonchev–Trinajstić information content (AvgIpc) is 2.19. The quantitative estimate of drug-likeness (QED) is 0.800. The van der Waals surface area contributed by atoms with Gasteiger partial charge in [0.05, 0.1) is 0 Å². The molecule has 0 aromatic heterocycles. The van der Waals surface area contributed by atoms with Gasteiger partial charge in [0.1, 0.15) is 11.0 Å². The first kappa shape index (κ1) is 15.7. The molecule has 1 rings (SSSR count). The number of rotatable bonds is 1. The number of hydrogen-bond donors (Lipinski definition) is 1. The second kappa shape index (κ2) is 4.61. The van der Waals surface area contributed by atoms with Crippen LogP contribution in [0.5, 0.6) is 0 Å². The van der Waals surface area contributed by atoms with Crippen LogP contribution in [0.15, 0.2) is 0 Å². The molecule has 7 heteroatoms. The Balaban J connectivity index is 2.88. The number of hydrogen-bond acceptors (Lipinski definition) is 3. The number of carbonyl (C=O) groups is 2. The number of likely N-dealkylation sites (tertiary alicyclic amines) is 1. The molecule has 1 unspecified atom stereocenters. The van der Waals surface area contributed by atoms with E-state index < -0.39 is 42.0 Å². The highest BCUT2D eigenvalue weighted by molar-refractivity contribution is 5.78. The lowest BCUT2D eigenvalue weighted by atomic mass is 9.78. The normalized spacial score (nSPS) is 26.9. The number of alkyl halides is 2. The zero-order valence-corrected chi connectivity index (χ0v) is 11.5. The molecule has 0 aromatic carbocycles. The Morgan fingerprint density at radius 2 is 1.84 bits per heavy atom. The predicted octanol–water partition coefficient (Wildman–Crippen LogP) is 2.35. The Kier molecular flexibility index (Phi) is 3.80. The monoisotopic (exact) mass is 279 g/mol. The summed E-state index contributed by atoms with van der Waals surface area (Å²) in [4.78, 5) is 23.9. The van der Waals surface area contributed by atoms with Gasteiger partial charge in [-0.2, -0.15) is 0 Å². The highest BCUT2D eigenvalue weighted by atomic mass is 19.3. The van der Waals surface area contributed by atoms with Gasteiger partial charge in [-0.3, -0.25) is 4.79 Å². The van der Waals surface area contributed by atoms with Gasteiger partial charge in [0.25, 0.3) is 5.92 Å². The van der Waals surface area contributed by atoms with Gasteiger partial charge in [-0.15, -0.1) is 0 Å². The highest BCUT2D eigenvalue weighted by Gasteiger charge is 2.59. The van der Waals surface area contributed by atoms with Crippen molar-refractivity contribution in [3.63, 3.8) is 0 Å². The van der Waals surface area contributed by atoms with E-state index in [9.17, 15) is 18.4 Å². The molecule has 0 aliphatic carbocycles. The lowest BCUT2D eigenvalue weighted by Crippen LogP contribution is -2.59. The van der Waals surface area contributed by atoms with Crippen LogP contribution < -0.4 is 0 Å². The van der Waals surface area contributed by atoms with Crippen LogP contribution in [0.2, 0.25) is 0 Å². The van der Waals surface area contributed by atoms with Crippen molar-refractivity contribution < 1.29 is 28.2 Å². The summed E-state index contributed by atoms with van der Waals surface area (Å²) in [5.74, 6) is -4.97. The maximum absolute atomic E-state index is 13.7. The number of piperidine rings is 1. The molecule has 1 N–H and O–H groups in total. The topological polar surface area (TPSA) is 66.8 Å². The molecule has 1 saturated heterocycles. The predicted molar refractivity (Wildman–Crippen MR) is 63.1 cm³/mol. The fourth-order valence-electron chi connectivity index (χ4n) is 1.83.